The van der Waals surface area contributed by atoms with Crippen LogP contribution in [0.3, 0.4) is 0 Å². The highest BCUT2D eigenvalue weighted by molar-refractivity contribution is 7.80. The molecule has 0 aliphatic carbocycles. The van der Waals surface area contributed by atoms with Gasteiger partial charge >= 0.3 is 0 Å². The van der Waals surface area contributed by atoms with Gasteiger partial charge in [0.2, 0.25) is 5.89 Å². The van der Waals surface area contributed by atoms with E-state index in [1.165, 1.54) is 0 Å². The van der Waals surface area contributed by atoms with Crippen LogP contribution in [0.25, 0.3) is 22.6 Å². The largest absolute Gasteiger partial charge is 0.497 e. The van der Waals surface area contributed by atoms with Gasteiger partial charge in [0.25, 0.3) is 5.91 Å². The minimum Gasteiger partial charge on any atom is -0.497 e. The Morgan fingerprint density at radius 1 is 0.947 bits per heavy atom. The number of fused-ring (bicyclic) bond motifs is 1. The highest BCUT2D eigenvalue weighted by Gasteiger charge is 2.13. The van der Waals surface area contributed by atoms with Gasteiger partial charge in [0, 0.05) is 22.9 Å². The van der Waals surface area contributed by atoms with Crippen molar-refractivity contribution >= 4 is 40.0 Å². The molecule has 38 heavy (non-hydrogen) atoms. The molecule has 8 heteroatoms. The normalized spacial score (nSPS) is 10.7. The van der Waals surface area contributed by atoms with Gasteiger partial charge in [-0.3, -0.25) is 10.1 Å². The fraction of sp³-hybridized carbons (Fsp3) is 0.100. The molecule has 4 aromatic carbocycles. The fourth-order valence-corrected chi connectivity index (χ4v) is 4.02. The molecule has 0 radical (unpaired) electrons. The van der Waals surface area contributed by atoms with E-state index in [4.69, 9.17) is 26.1 Å². The minimum absolute atomic E-state index is 0.182. The van der Waals surface area contributed by atoms with Crippen LogP contribution in [0.5, 0.6) is 11.5 Å². The van der Waals surface area contributed by atoms with Crippen molar-refractivity contribution in [3.63, 3.8) is 0 Å². The number of aryl methyl sites for hydroxylation is 1. The number of benzene rings is 4. The van der Waals surface area contributed by atoms with Crippen LogP contribution in [0.15, 0.2) is 95.4 Å². The standard InChI is InChI=1S/C30H25N3O4S/c1-19-8-9-22(29-31-26-17-24(35-2)14-15-27(26)37-29)16-25(19)32-30(38)33-28(34)21-10-12-23(13-11-21)36-18-20-6-4-3-5-7-20/h3-17H,18H2,1-2H3,(H2,32,33,34,38). The van der Waals surface area contributed by atoms with Crippen LogP contribution in [0.1, 0.15) is 21.5 Å². The third kappa shape index (κ3) is 5.82. The van der Waals surface area contributed by atoms with Crippen molar-refractivity contribution in [3.8, 4) is 23.0 Å². The average molecular weight is 524 g/mol. The number of anilines is 1. The molecule has 0 spiro atoms. The molecule has 0 bridgehead atoms. The van der Waals surface area contributed by atoms with Crippen LogP contribution in [0, 0.1) is 6.92 Å². The minimum atomic E-state index is -0.321. The summed E-state index contributed by atoms with van der Waals surface area (Å²) in [6, 6.07) is 28.0. The van der Waals surface area contributed by atoms with Crippen molar-refractivity contribution in [2.24, 2.45) is 0 Å². The average Bonchev–Trinajstić information content (AvgIpc) is 3.37. The zero-order valence-corrected chi connectivity index (χ0v) is 21.7. The number of amides is 1. The molecular formula is C30H25N3O4S. The van der Waals surface area contributed by atoms with Gasteiger partial charge in [0.05, 0.1) is 7.11 Å². The predicted octanol–water partition coefficient (Wildman–Crippen LogP) is 6.52. The van der Waals surface area contributed by atoms with Crippen LogP contribution in [0.4, 0.5) is 5.69 Å². The number of ether oxygens (including phenoxy) is 2. The van der Waals surface area contributed by atoms with E-state index in [9.17, 15) is 4.79 Å². The summed E-state index contributed by atoms with van der Waals surface area (Å²) in [5, 5.41) is 6.02. The van der Waals surface area contributed by atoms with Gasteiger partial charge in [-0.2, -0.15) is 0 Å². The first kappa shape index (κ1) is 25.0. The highest BCUT2D eigenvalue weighted by Crippen LogP contribution is 2.29. The number of carbonyl (C=O) groups is 1. The van der Waals surface area contributed by atoms with Crippen LogP contribution >= 0.6 is 12.2 Å². The number of methoxy groups -OCH3 is 1. The lowest BCUT2D eigenvalue weighted by atomic mass is 10.1. The number of hydrogen-bond donors (Lipinski definition) is 2. The number of aromatic nitrogens is 1. The Labute approximate surface area is 225 Å². The van der Waals surface area contributed by atoms with Crippen molar-refractivity contribution < 1.29 is 18.7 Å². The van der Waals surface area contributed by atoms with Gasteiger partial charge in [0.1, 0.15) is 23.6 Å². The van der Waals surface area contributed by atoms with E-state index in [2.05, 4.69) is 15.6 Å². The molecule has 0 aliphatic rings. The second-order valence-corrected chi connectivity index (χ2v) is 9.00. The van der Waals surface area contributed by atoms with E-state index in [0.717, 1.165) is 22.4 Å². The summed E-state index contributed by atoms with van der Waals surface area (Å²) in [4.78, 5) is 17.3. The SMILES string of the molecule is COc1ccc2oc(-c3ccc(C)c(NC(=S)NC(=O)c4ccc(OCc5ccccc5)cc4)c3)nc2c1. The van der Waals surface area contributed by atoms with Gasteiger partial charge in [0.15, 0.2) is 10.7 Å². The number of carbonyl (C=O) groups excluding carboxylic acids is 1. The molecule has 0 saturated carbocycles. The lowest BCUT2D eigenvalue weighted by molar-refractivity contribution is 0.0977. The zero-order valence-electron chi connectivity index (χ0n) is 20.9. The van der Waals surface area contributed by atoms with E-state index < -0.39 is 0 Å². The van der Waals surface area contributed by atoms with Crippen molar-refractivity contribution in [1.29, 1.82) is 0 Å². The van der Waals surface area contributed by atoms with E-state index in [-0.39, 0.29) is 11.0 Å². The molecule has 7 nitrogen and oxygen atoms in total. The maximum absolute atomic E-state index is 12.7. The van der Waals surface area contributed by atoms with E-state index in [1.807, 2.05) is 73.7 Å². The van der Waals surface area contributed by atoms with Gasteiger partial charge in [-0.25, -0.2) is 4.98 Å². The van der Waals surface area contributed by atoms with Crippen LogP contribution in [-0.4, -0.2) is 23.1 Å². The van der Waals surface area contributed by atoms with Gasteiger partial charge in [-0.1, -0.05) is 36.4 Å². The van der Waals surface area contributed by atoms with Crippen LogP contribution in [-0.2, 0) is 6.61 Å². The Bertz CT molecular complexity index is 1600. The molecule has 1 aromatic heterocycles. The smallest absolute Gasteiger partial charge is 0.257 e. The summed E-state index contributed by atoms with van der Waals surface area (Å²) >= 11 is 5.41. The molecule has 0 saturated heterocycles. The summed E-state index contributed by atoms with van der Waals surface area (Å²) in [6.07, 6.45) is 0. The number of hydrogen-bond acceptors (Lipinski definition) is 6. The Balaban J connectivity index is 1.22. The summed E-state index contributed by atoms with van der Waals surface area (Å²) < 4.78 is 17.0. The molecule has 2 N–H and O–H groups in total. The van der Waals surface area contributed by atoms with Gasteiger partial charge in [-0.15, -0.1) is 0 Å². The number of oxazole rings is 1. The topological polar surface area (TPSA) is 85.6 Å². The Hall–Kier alpha value is -4.69. The van der Waals surface area contributed by atoms with E-state index in [1.54, 1.807) is 31.4 Å². The van der Waals surface area contributed by atoms with Crippen LogP contribution in [0.2, 0.25) is 0 Å². The molecule has 1 heterocycles. The molecule has 0 unspecified atom stereocenters. The number of rotatable bonds is 7. The maximum Gasteiger partial charge on any atom is 0.257 e. The first-order chi connectivity index (χ1) is 18.5. The van der Waals surface area contributed by atoms with Crippen molar-refractivity contribution in [2.45, 2.75) is 13.5 Å². The highest BCUT2D eigenvalue weighted by atomic mass is 32.1. The Morgan fingerprint density at radius 3 is 2.47 bits per heavy atom. The van der Waals surface area contributed by atoms with Crippen molar-refractivity contribution in [3.05, 3.63) is 108 Å². The predicted molar refractivity (Wildman–Crippen MR) is 152 cm³/mol. The van der Waals surface area contributed by atoms with Gasteiger partial charge in [-0.05, 0) is 78.8 Å². The summed E-state index contributed by atoms with van der Waals surface area (Å²) in [7, 11) is 1.61. The Morgan fingerprint density at radius 2 is 1.71 bits per heavy atom. The lowest BCUT2D eigenvalue weighted by Crippen LogP contribution is -2.34. The molecule has 5 rings (SSSR count). The van der Waals surface area contributed by atoms with Crippen LogP contribution < -0.4 is 20.1 Å². The number of thiocarbonyl (C=S) groups is 1. The van der Waals surface area contributed by atoms with Gasteiger partial charge < -0.3 is 19.2 Å². The molecular weight excluding hydrogens is 498 g/mol. The number of nitrogens with zero attached hydrogens (tertiary/aromatic N) is 1. The fourth-order valence-electron chi connectivity index (χ4n) is 3.82. The second kappa shape index (κ2) is 11.1. The van der Waals surface area contributed by atoms with Crippen molar-refractivity contribution in [2.75, 3.05) is 12.4 Å². The molecule has 0 aliphatic heterocycles. The quantitative estimate of drug-likeness (QED) is 0.235. The third-order valence-corrected chi connectivity index (χ3v) is 6.12. The zero-order chi connectivity index (χ0) is 26.5. The monoisotopic (exact) mass is 523 g/mol. The van der Waals surface area contributed by atoms with E-state index in [0.29, 0.717) is 40.7 Å². The third-order valence-electron chi connectivity index (χ3n) is 5.92. The number of nitrogens with one attached hydrogen (secondary N) is 2. The van der Waals surface area contributed by atoms with E-state index >= 15 is 0 Å². The maximum atomic E-state index is 12.7. The molecule has 5 aromatic rings. The second-order valence-electron chi connectivity index (χ2n) is 8.59. The summed E-state index contributed by atoms with van der Waals surface area (Å²) in [5.74, 6) is 1.54. The first-order valence-corrected chi connectivity index (χ1v) is 12.3. The molecule has 0 fully saturated rings. The van der Waals surface area contributed by atoms with Crippen molar-refractivity contribution in [1.82, 2.24) is 10.3 Å². The molecule has 1 amide bonds. The summed E-state index contributed by atoms with van der Waals surface area (Å²) in [6.45, 7) is 2.40. The Kier molecular flexibility index (Phi) is 7.33. The first-order valence-electron chi connectivity index (χ1n) is 11.9. The molecule has 190 valence electrons. The lowest BCUT2D eigenvalue weighted by Gasteiger charge is -2.13. The molecule has 0 atom stereocenters. The summed E-state index contributed by atoms with van der Waals surface area (Å²) in [5.41, 5.74) is 5.35.